The van der Waals surface area contributed by atoms with Gasteiger partial charge in [-0.2, -0.15) is 0 Å². The number of hydrogen-bond acceptors (Lipinski definition) is 2. The van der Waals surface area contributed by atoms with E-state index in [-0.39, 0.29) is 5.41 Å². The largest absolute Gasteiger partial charge is 0.310 e. The molecular weight excluding hydrogens is 823 g/mol. The second-order valence-corrected chi connectivity index (χ2v) is 18.5. The third-order valence-electron chi connectivity index (χ3n) is 14.3. The Kier molecular flexibility index (Phi) is 9.19. The Hall–Kier alpha value is -8.66. The number of benzene rings is 10. The van der Waals surface area contributed by atoms with Gasteiger partial charge in [0.1, 0.15) is 0 Å². The van der Waals surface area contributed by atoms with Gasteiger partial charge < -0.3 is 14.4 Å². The summed E-state index contributed by atoms with van der Waals surface area (Å²) in [6, 6.07) is 91.1. The number of anilines is 6. The fourth-order valence-corrected chi connectivity index (χ4v) is 11.1. The van der Waals surface area contributed by atoms with Crippen molar-refractivity contribution in [1.82, 2.24) is 4.57 Å². The third-order valence-corrected chi connectivity index (χ3v) is 14.3. The van der Waals surface area contributed by atoms with Crippen molar-refractivity contribution >= 4 is 45.0 Å². The van der Waals surface area contributed by atoms with E-state index in [1.165, 1.54) is 72.2 Å². The first-order valence-corrected chi connectivity index (χ1v) is 23.6. The summed E-state index contributed by atoms with van der Waals surface area (Å²) in [5.41, 5.74) is 23.9. The molecule has 3 nitrogen and oxygen atoms in total. The van der Waals surface area contributed by atoms with E-state index in [1.54, 1.807) is 0 Å². The van der Waals surface area contributed by atoms with Crippen LogP contribution in [0.3, 0.4) is 0 Å². The topological polar surface area (TPSA) is 11.4 Å². The highest BCUT2D eigenvalue weighted by molar-refractivity contribution is 6.13. The van der Waals surface area contributed by atoms with Gasteiger partial charge in [-0.25, -0.2) is 0 Å². The lowest BCUT2D eigenvalue weighted by molar-refractivity contribution is 0.660. The summed E-state index contributed by atoms with van der Waals surface area (Å²) < 4.78 is 2.47. The molecule has 68 heavy (non-hydrogen) atoms. The van der Waals surface area contributed by atoms with Crippen molar-refractivity contribution in [1.29, 1.82) is 0 Å². The van der Waals surface area contributed by atoms with Crippen molar-refractivity contribution in [3.8, 4) is 61.5 Å². The lowest BCUT2D eigenvalue weighted by Gasteiger charge is -2.28. The van der Waals surface area contributed by atoms with Crippen LogP contribution >= 0.6 is 0 Å². The molecule has 0 amide bonds. The molecule has 1 aromatic heterocycles. The average Bonchev–Trinajstić information content (AvgIpc) is 3.81. The third kappa shape index (κ3) is 6.27. The molecule has 322 valence electrons. The van der Waals surface area contributed by atoms with Crippen molar-refractivity contribution in [2.75, 3.05) is 9.80 Å². The lowest BCUT2D eigenvalue weighted by Crippen LogP contribution is -2.16. The van der Waals surface area contributed by atoms with Gasteiger partial charge in [0.05, 0.1) is 22.6 Å². The average molecular weight is 870 g/mol. The van der Waals surface area contributed by atoms with E-state index < -0.39 is 0 Å². The molecule has 13 rings (SSSR count). The normalized spacial score (nSPS) is 12.9. The summed E-state index contributed by atoms with van der Waals surface area (Å²) in [4.78, 5) is 4.84. The summed E-state index contributed by atoms with van der Waals surface area (Å²) in [6.07, 6.45) is 0. The molecule has 11 aromatic rings. The van der Waals surface area contributed by atoms with E-state index in [2.05, 4.69) is 277 Å². The van der Waals surface area contributed by atoms with Gasteiger partial charge in [0.15, 0.2) is 0 Å². The zero-order valence-electron chi connectivity index (χ0n) is 38.0. The second-order valence-electron chi connectivity index (χ2n) is 18.5. The highest BCUT2D eigenvalue weighted by Crippen LogP contribution is 2.55. The molecule has 3 heteroatoms. The maximum atomic E-state index is 2.47. The lowest BCUT2D eigenvalue weighted by atomic mass is 9.82. The number of fused-ring (bicyclic) bond motifs is 10. The number of aromatic nitrogens is 1. The minimum Gasteiger partial charge on any atom is -0.310 e. The Morgan fingerprint density at radius 1 is 0.353 bits per heavy atom. The predicted molar refractivity (Wildman–Crippen MR) is 286 cm³/mol. The molecule has 1 aliphatic carbocycles. The SMILES string of the molecule is CC1(C)c2ccccc2-c2ccc(N(c3ccc(-c4ccccc4)cc3)c3ccc(-c4ccc5c(c4)c4c(n5-c5ccccc5)-c5ccccc5N(c5ccccc5)c5ccccc5-4)cc3)cc21. The van der Waals surface area contributed by atoms with Crippen LogP contribution in [0.5, 0.6) is 0 Å². The zero-order chi connectivity index (χ0) is 45.3. The van der Waals surface area contributed by atoms with Crippen LogP contribution < -0.4 is 9.80 Å². The monoisotopic (exact) mass is 869 g/mol. The molecule has 0 radical (unpaired) electrons. The first-order chi connectivity index (χ1) is 33.5. The fraction of sp³-hybridized carbons (Fsp3) is 0.0462. The van der Waals surface area contributed by atoms with Crippen molar-refractivity contribution in [2.24, 2.45) is 0 Å². The Bertz CT molecular complexity index is 3680. The van der Waals surface area contributed by atoms with Gasteiger partial charge >= 0.3 is 0 Å². The Labute approximate surface area is 398 Å². The van der Waals surface area contributed by atoms with Crippen LogP contribution in [0.15, 0.2) is 249 Å². The highest BCUT2D eigenvalue weighted by Gasteiger charge is 2.36. The minimum atomic E-state index is -0.118. The van der Waals surface area contributed by atoms with E-state index in [4.69, 9.17) is 0 Å². The van der Waals surface area contributed by atoms with Crippen molar-refractivity contribution in [3.05, 3.63) is 260 Å². The molecule has 0 spiro atoms. The molecule has 0 atom stereocenters. The van der Waals surface area contributed by atoms with E-state index >= 15 is 0 Å². The van der Waals surface area contributed by atoms with Crippen molar-refractivity contribution in [3.63, 3.8) is 0 Å². The first kappa shape index (κ1) is 39.7. The van der Waals surface area contributed by atoms with E-state index in [0.717, 1.165) is 45.4 Å². The Balaban J connectivity index is 0.967. The molecule has 2 aliphatic rings. The van der Waals surface area contributed by atoms with Gasteiger partial charge in [-0.15, -0.1) is 0 Å². The van der Waals surface area contributed by atoms with Gasteiger partial charge in [0, 0.05) is 55.9 Å². The van der Waals surface area contributed by atoms with Crippen molar-refractivity contribution in [2.45, 2.75) is 19.3 Å². The van der Waals surface area contributed by atoms with Gasteiger partial charge in [-0.3, -0.25) is 0 Å². The summed E-state index contributed by atoms with van der Waals surface area (Å²) in [5, 5.41) is 1.21. The molecule has 1 aliphatic heterocycles. The van der Waals surface area contributed by atoms with Gasteiger partial charge in [-0.1, -0.05) is 178 Å². The molecule has 0 unspecified atom stereocenters. The van der Waals surface area contributed by atoms with Crippen LogP contribution in [0.25, 0.3) is 72.4 Å². The second kappa shape index (κ2) is 15.8. The standard InChI is InChI=1S/C65H47N3/c1-65(2)58-27-15-12-24-53(58)54-40-39-52(43-59(54)65)66(50-35-30-45(31-36-50)44-18-6-3-7-19-44)51-37-32-46(33-38-51)47-34-41-62-57(42-47)63-55-25-13-16-28-60(55)67(48-20-8-4-9-21-48)61-29-17-14-26-56(61)64(63)68(62)49-22-10-5-11-23-49/h3-43H,1-2H3. The van der Waals surface area contributed by atoms with Crippen LogP contribution in [0.2, 0.25) is 0 Å². The van der Waals surface area contributed by atoms with Crippen LogP contribution in [0.4, 0.5) is 34.1 Å². The van der Waals surface area contributed by atoms with Crippen LogP contribution in [-0.4, -0.2) is 4.57 Å². The summed E-state index contributed by atoms with van der Waals surface area (Å²) in [7, 11) is 0. The molecule has 0 N–H and O–H groups in total. The number of rotatable bonds is 7. The molecule has 0 bridgehead atoms. The van der Waals surface area contributed by atoms with E-state index in [9.17, 15) is 0 Å². The fourth-order valence-electron chi connectivity index (χ4n) is 11.1. The zero-order valence-corrected chi connectivity index (χ0v) is 38.0. The highest BCUT2D eigenvalue weighted by atomic mass is 15.2. The summed E-state index contributed by atoms with van der Waals surface area (Å²) in [6.45, 7) is 4.71. The molecular formula is C65H47N3. The number of para-hydroxylation sites is 4. The quantitative estimate of drug-likeness (QED) is 0.158. The van der Waals surface area contributed by atoms with Crippen LogP contribution in [0.1, 0.15) is 25.0 Å². The Morgan fingerprint density at radius 2 is 0.838 bits per heavy atom. The molecule has 2 heterocycles. The van der Waals surface area contributed by atoms with Crippen molar-refractivity contribution < 1.29 is 0 Å². The summed E-state index contributed by atoms with van der Waals surface area (Å²) >= 11 is 0. The van der Waals surface area contributed by atoms with Crippen LogP contribution in [-0.2, 0) is 5.41 Å². The smallest absolute Gasteiger partial charge is 0.0641 e. The first-order valence-electron chi connectivity index (χ1n) is 23.6. The van der Waals surface area contributed by atoms with E-state index in [1.807, 2.05) is 0 Å². The molecule has 10 aromatic carbocycles. The maximum Gasteiger partial charge on any atom is 0.0641 e. The number of nitrogens with zero attached hydrogens (tertiary/aromatic N) is 3. The maximum absolute atomic E-state index is 2.47. The van der Waals surface area contributed by atoms with Crippen LogP contribution in [0, 0.1) is 0 Å². The predicted octanol–water partition coefficient (Wildman–Crippen LogP) is 17.9. The molecule has 0 saturated heterocycles. The minimum absolute atomic E-state index is 0.118. The van der Waals surface area contributed by atoms with E-state index in [0.29, 0.717) is 0 Å². The van der Waals surface area contributed by atoms with Gasteiger partial charge in [0.25, 0.3) is 0 Å². The van der Waals surface area contributed by atoms with Gasteiger partial charge in [-0.05, 0) is 129 Å². The molecule has 0 saturated carbocycles. The Morgan fingerprint density at radius 3 is 1.51 bits per heavy atom. The number of hydrogen-bond donors (Lipinski definition) is 0. The molecule has 0 fully saturated rings. The summed E-state index contributed by atoms with van der Waals surface area (Å²) in [5.74, 6) is 0. The van der Waals surface area contributed by atoms with Gasteiger partial charge in [0.2, 0.25) is 0 Å².